The van der Waals surface area contributed by atoms with Crippen LogP contribution in [0.15, 0.2) is 47.4 Å². The Bertz CT molecular complexity index is 1050. The Morgan fingerprint density at radius 1 is 1.16 bits per heavy atom. The molecule has 5 nitrogen and oxygen atoms in total. The van der Waals surface area contributed by atoms with E-state index in [4.69, 9.17) is 11.6 Å². The van der Waals surface area contributed by atoms with E-state index in [-0.39, 0.29) is 4.90 Å². The lowest BCUT2D eigenvalue weighted by molar-refractivity contribution is 0.521. The third-order valence-corrected chi connectivity index (χ3v) is 5.93. The van der Waals surface area contributed by atoms with Crippen molar-refractivity contribution in [2.24, 2.45) is 0 Å². The average molecular weight is 376 g/mol. The van der Waals surface area contributed by atoms with Crippen LogP contribution < -0.4 is 0 Å². The number of halogens is 1. The molecule has 3 rings (SSSR count). The smallest absolute Gasteiger partial charge is 0.242 e. The number of sulfonamides is 1. The van der Waals surface area contributed by atoms with E-state index >= 15 is 0 Å². The second-order valence-electron chi connectivity index (χ2n) is 5.95. The summed E-state index contributed by atoms with van der Waals surface area (Å²) in [4.78, 5) is 7.72. The Kier molecular flexibility index (Phi) is 4.69. The second-order valence-corrected chi connectivity index (χ2v) is 8.51. The van der Waals surface area contributed by atoms with Gasteiger partial charge in [0.25, 0.3) is 0 Å². The van der Waals surface area contributed by atoms with Crippen molar-refractivity contribution in [3.8, 4) is 0 Å². The first kappa shape index (κ1) is 17.7. The Morgan fingerprint density at radius 2 is 1.84 bits per heavy atom. The van der Waals surface area contributed by atoms with Crippen LogP contribution >= 0.6 is 11.6 Å². The molecule has 0 radical (unpaired) electrons. The van der Waals surface area contributed by atoms with Crippen LogP contribution in [-0.4, -0.2) is 36.8 Å². The molecular formula is C18H18ClN3O2S. The van der Waals surface area contributed by atoms with Gasteiger partial charge in [-0.1, -0.05) is 41.4 Å². The van der Waals surface area contributed by atoms with Crippen molar-refractivity contribution < 1.29 is 8.42 Å². The molecule has 1 heterocycles. The fraction of sp³-hybridized carbons (Fsp3) is 0.167. The van der Waals surface area contributed by atoms with Gasteiger partial charge in [0.15, 0.2) is 0 Å². The number of hydrogen-bond donors (Lipinski definition) is 1. The maximum atomic E-state index is 12.2. The predicted octanol–water partition coefficient (Wildman–Crippen LogP) is 3.86. The van der Waals surface area contributed by atoms with Crippen molar-refractivity contribution in [2.75, 3.05) is 14.1 Å². The van der Waals surface area contributed by atoms with Gasteiger partial charge < -0.3 is 4.98 Å². The third kappa shape index (κ3) is 3.61. The van der Waals surface area contributed by atoms with Crippen molar-refractivity contribution in [1.29, 1.82) is 0 Å². The van der Waals surface area contributed by atoms with E-state index in [2.05, 4.69) is 9.97 Å². The Labute approximate surface area is 152 Å². The zero-order chi connectivity index (χ0) is 18.2. The summed E-state index contributed by atoms with van der Waals surface area (Å²) < 4.78 is 25.7. The number of nitrogens with zero attached hydrogens (tertiary/aromatic N) is 2. The number of fused-ring (bicyclic) bond motifs is 1. The number of aromatic nitrogens is 2. The first-order valence-corrected chi connectivity index (χ1v) is 9.46. The molecule has 0 bridgehead atoms. The molecule has 2 aromatic carbocycles. The molecule has 0 spiro atoms. The van der Waals surface area contributed by atoms with Crippen molar-refractivity contribution in [3.63, 3.8) is 0 Å². The van der Waals surface area contributed by atoms with Crippen LogP contribution in [0, 0.1) is 6.92 Å². The van der Waals surface area contributed by atoms with Gasteiger partial charge in [-0.3, -0.25) is 0 Å². The van der Waals surface area contributed by atoms with Gasteiger partial charge in [-0.05, 0) is 36.8 Å². The van der Waals surface area contributed by atoms with Crippen LogP contribution in [0.3, 0.4) is 0 Å². The minimum atomic E-state index is -3.49. The van der Waals surface area contributed by atoms with Crippen LogP contribution in [0.2, 0.25) is 0 Å². The quantitative estimate of drug-likeness (QED) is 0.753. The molecule has 1 aromatic heterocycles. The minimum absolute atomic E-state index is 0.207. The summed E-state index contributed by atoms with van der Waals surface area (Å²) in [5, 5.41) is 0.456. The zero-order valence-electron chi connectivity index (χ0n) is 14.1. The summed E-state index contributed by atoms with van der Waals surface area (Å²) in [6, 6.07) is 12.7. The molecule has 0 saturated heterocycles. The molecule has 130 valence electrons. The Hall–Kier alpha value is -2.15. The fourth-order valence-electron chi connectivity index (χ4n) is 2.35. The van der Waals surface area contributed by atoms with Crippen molar-refractivity contribution in [1.82, 2.24) is 14.3 Å². The summed E-state index contributed by atoms with van der Waals surface area (Å²) in [7, 11) is -0.496. The van der Waals surface area contributed by atoms with E-state index in [9.17, 15) is 8.42 Å². The molecular weight excluding hydrogens is 358 g/mol. The molecule has 7 heteroatoms. The summed E-state index contributed by atoms with van der Waals surface area (Å²) in [5.41, 5.74) is 3.41. The SMILES string of the molecule is Cc1ccc(/C=C(\Cl)c2nc3ccc(S(=O)(=O)N(C)C)cc3[nH]2)cc1. The number of aryl methyl sites for hydroxylation is 1. The van der Waals surface area contributed by atoms with E-state index < -0.39 is 10.0 Å². The lowest BCUT2D eigenvalue weighted by Gasteiger charge is -2.10. The molecule has 0 aliphatic heterocycles. The highest BCUT2D eigenvalue weighted by Gasteiger charge is 2.18. The summed E-state index contributed by atoms with van der Waals surface area (Å²) in [6.07, 6.45) is 1.82. The van der Waals surface area contributed by atoms with E-state index in [0.717, 1.165) is 5.56 Å². The summed E-state index contributed by atoms with van der Waals surface area (Å²) >= 11 is 6.37. The van der Waals surface area contributed by atoms with Crippen LogP contribution in [-0.2, 0) is 10.0 Å². The fourth-order valence-corrected chi connectivity index (χ4v) is 3.49. The number of benzene rings is 2. The molecule has 0 atom stereocenters. The molecule has 25 heavy (non-hydrogen) atoms. The highest BCUT2D eigenvalue weighted by atomic mass is 35.5. The van der Waals surface area contributed by atoms with Crippen molar-refractivity contribution in [3.05, 3.63) is 59.4 Å². The van der Waals surface area contributed by atoms with Crippen LogP contribution in [0.1, 0.15) is 17.0 Å². The average Bonchev–Trinajstić information content (AvgIpc) is 3.00. The number of aromatic amines is 1. The molecule has 0 aliphatic rings. The first-order valence-electron chi connectivity index (χ1n) is 7.64. The highest BCUT2D eigenvalue weighted by molar-refractivity contribution is 7.89. The largest absolute Gasteiger partial charge is 0.337 e. The standard InChI is InChI=1S/C18H18ClN3O2S/c1-12-4-6-13(7-5-12)10-15(19)18-20-16-9-8-14(11-17(16)21-18)25(23,24)22(2)3/h4-11H,1-3H3,(H,20,21)/b15-10-. The molecule has 0 saturated carbocycles. The van der Waals surface area contributed by atoms with Gasteiger partial charge >= 0.3 is 0 Å². The monoisotopic (exact) mass is 375 g/mol. The zero-order valence-corrected chi connectivity index (χ0v) is 15.7. The number of H-pyrrole nitrogens is 1. The first-order chi connectivity index (χ1) is 11.8. The number of hydrogen-bond acceptors (Lipinski definition) is 3. The van der Waals surface area contributed by atoms with E-state index in [1.165, 1.54) is 24.0 Å². The van der Waals surface area contributed by atoms with Gasteiger partial charge in [0.1, 0.15) is 5.82 Å². The van der Waals surface area contributed by atoms with Crippen LogP contribution in [0.25, 0.3) is 22.1 Å². The van der Waals surface area contributed by atoms with Crippen LogP contribution in [0.4, 0.5) is 0 Å². The van der Waals surface area contributed by atoms with Gasteiger partial charge in [0, 0.05) is 14.1 Å². The van der Waals surface area contributed by atoms with Crippen LogP contribution in [0.5, 0.6) is 0 Å². The van der Waals surface area contributed by atoms with Gasteiger partial charge in [-0.15, -0.1) is 0 Å². The maximum absolute atomic E-state index is 12.2. The van der Waals surface area contributed by atoms with E-state index in [1.54, 1.807) is 18.2 Å². The molecule has 0 amide bonds. The van der Waals surface area contributed by atoms with Crippen molar-refractivity contribution in [2.45, 2.75) is 11.8 Å². The Morgan fingerprint density at radius 3 is 2.48 bits per heavy atom. The number of imidazole rings is 1. The lowest BCUT2D eigenvalue weighted by Crippen LogP contribution is -2.22. The second kappa shape index (κ2) is 6.63. The summed E-state index contributed by atoms with van der Waals surface area (Å²) in [6.45, 7) is 2.02. The highest BCUT2D eigenvalue weighted by Crippen LogP contribution is 2.25. The molecule has 0 unspecified atom stereocenters. The van der Waals surface area contributed by atoms with E-state index in [1.807, 2.05) is 37.3 Å². The van der Waals surface area contributed by atoms with Gasteiger partial charge in [0.2, 0.25) is 10.0 Å². The van der Waals surface area contributed by atoms with Gasteiger partial charge in [0.05, 0.1) is 21.0 Å². The Balaban J connectivity index is 2.00. The lowest BCUT2D eigenvalue weighted by atomic mass is 10.1. The van der Waals surface area contributed by atoms with Gasteiger partial charge in [-0.2, -0.15) is 0 Å². The number of rotatable bonds is 4. The topological polar surface area (TPSA) is 66.1 Å². The molecule has 0 fully saturated rings. The maximum Gasteiger partial charge on any atom is 0.242 e. The minimum Gasteiger partial charge on any atom is -0.337 e. The molecule has 0 aliphatic carbocycles. The van der Waals surface area contributed by atoms with E-state index in [0.29, 0.717) is 21.9 Å². The number of nitrogens with one attached hydrogen (secondary N) is 1. The third-order valence-electron chi connectivity index (χ3n) is 3.83. The molecule has 3 aromatic rings. The van der Waals surface area contributed by atoms with Gasteiger partial charge in [-0.25, -0.2) is 17.7 Å². The van der Waals surface area contributed by atoms with Crippen molar-refractivity contribution >= 4 is 43.8 Å². The predicted molar refractivity (Wildman–Crippen MR) is 102 cm³/mol. The normalized spacial score (nSPS) is 12.9. The summed E-state index contributed by atoms with van der Waals surface area (Å²) in [5.74, 6) is 0.497. The molecule has 1 N–H and O–H groups in total.